The van der Waals surface area contributed by atoms with Gasteiger partial charge in [0.15, 0.2) is 0 Å². The Morgan fingerprint density at radius 3 is 2.32 bits per heavy atom. The highest BCUT2D eigenvalue weighted by molar-refractivity contribution is 5.41. The zero-order valence-electron chi connectivity index (χ0n) is 10.3. The van der Waals surface area contributed by atoms with Crippen molar-refractivity contribution in [2.24, 2.45) is 23.7 Å². The van der Waals surface area contributed by atoms with E-state index < -0.39 is 11.7 Å². The first-order valence-electron chi connectivity index (χ1n) is 6.84. The fourth-order valence-electron chi connectivity index (χ4n) is 4.34. The third-order valence-corrected chi connectivity index (χ3v) is 5.14. The summed E-state index contributed by atoms with van der Waals surface area (Å²) < 4.78 is 37.3. The molecule has 4 rings (SSSR count). The molecule has 4 atom stereocenters. The highest BCUT2D eigenvalue weighted by atomic mass is 19.4. The molecule has 5 heteroatoms. The number of hydrogen-bond acceptors (Lipinski definition) is 2. The van der Waals surface area contributed by atoms with Gasteiger partial charge in [0.1, 0.15) is 5.82 Å². The van der Waals surface area contributed by atoms with Gasteiger partial charge in [-0.3, -0.25) is 0 Å². The SMILES string of the molecule is FC(F)(F)c1ccc(NC2C3C4CCC(C4)C23)nc1. The molecule has 3 aliphatic rings. The van der Waals surface area contributed by atoms with Crippen LogP contribution in [0.2, 0.25) is 0 Å². The summed E-state index contributed by atoms with van der Waals surface area (Å²) in [5.74, 6) is 3.78. The summed E-state index contributed by atoms with van der Waals surface area (Å²) in [4.78, 5) is 3.89. The van der Waals surface area contributed by atoms with Crippen LogP contribution in [0.3, 0.4) is 0 Å². The van der Waals surface area contributed by atoms with Crippen LogP contribution in [0.25, 0.3) is 0 Å². The summed E-state index contributed by atoms with van der Waals surface area (Å²) in [5.41, 5.74) is -0.686. The summed E-state index contributed by atoms with van der Waals surface area (Å²) in [6.07, 6.45) is 0.651. The summed E-state index contributed by atoms with van der Waals surface area (Å²) in [6, 6.07) is 3.00. The van der Waals surface area contributed by atoms with Crippen LogP contribution in [0, 0.1) is 23.7 Å². The number of rotatable bonds is 2. The highest BCUT2D eigenvalue weighted by Gasteiger charge is 2.65. The summed E-state index contributed by atoms with van der Waals surface area (Å²) >= 11 is 0. The van der Waals surface area contributed by atoms with E-state index in [0.717, 1.165) is 35.9 Å². The van der Waals surface area contributed by atoms with Gasteiger partial charge in [0.25, 0.3) is 0 Å². The minimum absolute atomic E-state index is 0.454. The molecule has 0 amide bonds. The van der Waals surface area contributed by atoms with E-state index in [2.05, 4.69) is 10.3 Å². The zero-order valence-corrected chi connectivity index (χ0v) is 10.3. The Balaban J connectivity index is 1.45. The van der Waals surface area contributed by atoms with Gasteiger partial charge >= 0.3 is 6.18 Å². The minimum atomic E-state index is -4.30. The van der Waals surface area contributed by atoms with E-state index in [1.54, 1.807) is 0 Å². The fourth-order valence-corrected chi connectivity index (χ4v) is 4.34. The summed E-state index contributed by atoms with van der Waals surface area (Å²) in [5, 5.41) is 3.32. The molecule has 1 aromatic heterocycles. The van der Waals surface area contributed by atoms with E-state index in [1.807, 2.05) is 0 Å². The van der Waals surface area contributed by atoms with E-state index in [4.69, 9.17) is 0 Å². The van der Waals surface area contributed by atoms with Crippen LogP contribution in [0.15, 0.2) is 18.3 Å². The van der Waals surface area contributed by atoms with Crippen LogP contribution in [-0.2, 0) is 6.18 Å². The smallest absolute Gasteiger partial charge is 0.367 e. The molecule has 1 aromatic rings. The lowest BCUT2D eigenvalue weighted by molar-refractivity contribution is -0.137. The van der Waals surface area contributed by atoms with Gasteiger partial charge in [0, 0.05) is 12.2 Å². The van der Waals surface area contributed by atoms with Crippen LogP contribution in [0.1, 0.15) is 24.8 Å². The van der Waals surface area contributed by atoms with E-state index in [-0.39, 0.29) is 0 Å². The second-order valence-electron chi connectivity index (χ2n) is 6.09. The lowest BCUT2D eigenvalue weighted by Gasteiger charge is -2.12. The Bertz CT molecular complexity index is 480. The van der Waals surface area contributed by atoms with Gasteiger partial charge in [-0.2, -0.15) is 13.2 Å². The summed E-state index contributed by atoms with van der Waals surface area (Å²) in [6.45, 7) is 0. The van der Waals surface area contributed by atoms with E-state index in [1.165, 1.54) is 25.3 Å². The number of nitrogens with one attached hydrogen (secondary N) is 1. The molecule has 1 heterocycles. The molecule has 102 valence electrons. The van der Waals surface area contributed by atoms with Gasteiger partial charge in [-0.05, 0) is 55.1 Å². The van der Waals surface area contributed by atoms with Gasteiger partial charge in [-0.1, -0.05) is 0 Å². The van der Waals surface area contributed by atoms with E-state index in [9.17, 15) is 13.2 Å². The Morgan fingerprint density at radius 1 is 1.11 bits per heavy atom. The predicted molar refractivity (Wildman–Crippen MR) is 64.5 cm³/mol. The molecule has 3 fully saturated rings. The highest BCUT2D eigenvalue weighted by Crippen LogP contribution is 2.66. The largest absolute Gasteiger partial charge is 0.417 e. The summed E-state index contributed by atoms with van der Waals surface area (Å²) in [7, 11) is 0. The maximum absolute atomic E-state index is 12.4. The quantitative estimate of drug-likeness (QED) is 0.887. The van der Waals surface area contributed by atoms with Crippen molar-refractivity contribution in [1.29, 1.82) is 0 Å². The van der Waals surface area contributed by atoms with Crippen molar-refractivity contribution in [1.82, 2.24) is 4.98 Å². The number of fused-ring (bicyclic) bond motifs is 5. The minimum Gasteiger partial charge on any atom is -0.367 e. The fraction of sp³-hybridized carbons (Fsp3) is 0.643. The molecule has 1 N–H and O–H groups in total. The molecule has 0 aliphatic heterocycles. The van der Waals surface area contributed by atoms with Crippen molar-refractivity contribution < 1.29 is 13.2 Å². The van der Waals surface area contributed by atoms with Crippen molar-refractivity contribution in [2.75, 3.05) is 5.32 Å². The third kappa shape index (κ3) is 1.74. The Hall–Kier alpha value is -1.26. The predicted octanol–water partition coefficient (Wildman–Crippen LogP) is 3.56. The molecular weight excluding hydrogens is 253 g/mol. The lowest BCUT2D eigenvalue weighted by atomic mass is 10.0. The van der Waals surface area contributed by atoms with Crippen LogP contribution in [-0.4, -0.2) is 11.0 Å². The number of halogens is 3. The average molecular weight is 268 g/mol. The van der Waals surface area contributed by atoms with Crippen LogP contribution in [0.4, 0.5) is 19.0 Å². The number of aromatic nitrogens is 1. The molecular formula is C14H15F3N2. The number of pyridine rings is 1. The average Bonchev–Trinajstić information content (AvgIpc) is 2.77. The van der Waals surface area contributed by atoms with Crippen LogP contribution in [0.5, 0.6) is 0 Å². The third-order valence-electron chi connectivity index (χ3n) is 5.14. The van der Waals surface area contributed by atoms with Gasteiger partial charge in [-0.15, -0.1) is 0 Å². The Morgan fingerprint density at radius 2 is 1.79 bits per heavy atom. The zero-order chi connectivity index (χ0) is 13.2. The second kappa shape index (κ2) is 3.64. The molecule has 19 heavy (non-hydrogen) atoms. The molecule has 4 unspecified atom stereocenters. The molecule has 0 radical (unpaired) electrons. The number of nitrogens with zero attached hydrogens (tertiary/aromatic N) is 1. The Labute approximate surface area is 109 Å². The first-order valence-corrected chi connectivity index (χ1v) is 6.84. The van der Waals surface area contributed by atoms with Crippen molar-refractivity contribution in [3.63, 3.8) is 0 Å². The number of hydrogen-bond donors (Lipinski definition) is 1. The van der Waals surface area contributed by atoms with Gasteiger partial charge in [-0.25, -0.2) is 4.98 Å². The lowest BCUT2D eigenvalue weighted by Crippen LogP contribution is -2.14. The van der Waals surface area contributed by atoms with Crippen molar-refractivity contribution in [3.8, 4) is 0 Å². The van der Waals surface area contributed by atoms with Crippen molar-refractivity contribution in [2.45, 2.75) is 31.5 Å². The van der Waals surface area contributed by atoms with E-state index >= 15 is 0 Å². The Kier molecular flexibility index (Phi) is 2.22. The van der Waals surface area contributed by atoms with Crippen molar-refractivity contribution >= 4 is 5.82 Å². The maximum Gasteiger partial charge on any atom is 0.417 e. The van der Waals surface area contributed by atoms with E-state index in [0.29, 0.717) is 11.9 Å². The monoisotopic (exact) mass is 268 g/mol. The molecule has 2 nitrogen and oxygen atoms in total. The van der Waals surface area contributed by atoms with Gasteiger partial charge in [0.2, 0.25) is 0 Å². The van der Waals surface area contributed by atoms with Gasteiger partial charge < -0.3 is 5.32 Å². The van der Waals surface area contributed by atoms with Crippen molar-refractivity contribution in [3.05, 3.63) is 23.9 Å². The number of alkyl halides is 3. The van der Waals surface area contributed by atoms with Crippen LogP contribution >= 0.6 is 0 Å². The first-order chi connectivity index (χ1) is 9.04. The molecule has 3 saturated carbocycles. The first kappa shape index (κ1) is 11.6. The number of anilines is 1. The van der Waals surface area contributed by atoms with Crippen LogP contribution < -0.4 is 5.32 Å². The molecule has 0 saturated heterocycles. The van der Waals surface area contributed by atoms with Gasteiger partial charge in [0.05, 0.1) is 5.56 Å². The topological polar surface area (TPSA) is 24.9 Å². The molecule has 3 aliphatic carbocycles. The normalized spacial score (nSPS) is 39.2. The molecule has 0 spiro atoms. The standard InChI is InChI=1S/C14H15F3N2/c15-14(16,17)9-3-4-10(18-6-9)19-13-11-7-1-2-8(5-7)12(11)13/h3-4,6-8,11-13H,1-2,5H2,(H,18,19). The molecule has 2 bridgehead atoms. The maximum atomic E-state index is 12.4. The molecule has 0 aromatic carbocycles. The second-order valence-corrected chi connectivity index (χ2v) is 6.09.